The number of H-pyrrole nitrogens is 4. The highest BCUT2D eigenvalue weighted by Gasteiger charge is 2.58. The first-order valence-corrected chi connectivity index (χ1v) is 28.3. The molecule has 5 aromatic heterocycles. The molecule has 5 aromatic rings. The quantitative estimate of drug-likeness (QED) is 0.0602. The van der Waals surface area contributed by atoms with E-state index in [4.69, 9.17) is 24.4 Å². The smallest absolute Gasteiger partial charge is 0.332 e. The van der Waals surface area contributed by atoms with Crippen LogP contribution in [0.15, 0.2) is 99.8 Å². The summed E-state index contributed by atoms with van der Waals surface area (Å²) in [5.41, 5.74) is 21.2. The Morgan fingerprint density at radius 3 is 1.76 bits per heavy atom. The Kier molecular flexibility index (Phi) is 19.9. The number of carboxylic acid groups (broad SMARTS) is 2. The minimum absolute atomic E-state index is 0. The van der Waals surface area contributed by atoms with E-state index < -0.39 is 46.5 Å². The summed E-state index contributed by atoms with van der Waals surface area (Å²) in [6.45, 7) is 33.2. The third-order valence-electron chi connectivity index (χ3n) is 18.9. The lowest BCUT2D eigenvalue weighted by atomic mass is 9.59. The van der Waals surface area contributed by atoms with Crippen molar-refractivity contribution >= 4 is 121 Å². The number of nitrogens with one attached hydrogen (secondary N) is 4. The van der Waals surface area contributed by atoms with Crippen LogP contribution in [0.25, 0.3) is 69.2 Å². The van der Waals surface area contributed by atoms with Gasteiger partial charge in [0.25, 0.3) is 0 Å². The van der Waals surface area contributed by atoms with Crippen LogP contribution in [0.4, 0.5) is 0 Å². The molecule has 4 aliphatic heterocycles. The van der Waals surface area contributed by atoms with Crippen LogP contribution in [-0.2, 0) is 34.1 Å². The minimum Gasteiger partial charge on any atom is -0.478 e. The van der Waals surface area contributed by atoms with Crippen LogP contribution in [0.1, 0.15) is 139 Å². The molecule has 5 unspecified atom stereocenters. The van der Waals surface area contributed by atoms with Gasteiger partial charge in [0.2, 0.25) is 0 Å². The van der Waals surface area contributed by atoms with Crippen molar-refractivity contribution in [2.75, 3.05) is 20.8 Å². The van der Waals surface area contributed by atoms with Crippen LogP contribution in [0.5, 0.6) is 0 Å². The van der Waals surface area contributed by atoms with Crippen molar-refractivity contribution in [3.8, 4) is 0 Å². The molecule has 6 N–H and O–H groups in total. The molecule has 0 fully saturated rings. The van der Waals surface area contributed by atoms with E-state index in [1.165, 1.54) is 31.4 Å². The lowest BCUT2D eigenvalue weighted by Crippen LogP contribution is -2.45. The molecule has 0 saturated heterocycles. The number of hydrogen-bond acceptors (Lipinski definition) is 10. The summed E-state index contributed by atoms with van der Waals surface area (Å²) in [4.78, 5) is 85.1. The molecule has 0 aromatic carbocycles. The van der Waals surface area contributed by atoms with E-state index in [0.717, 1.165) is 122 Å². The normalized spacial score (nSPS) is 21.4. The number of aliphatic imine (C=N–C) groups is 2. The number of aromatic nitrogens is 6. The molecule has 6 radical (unpaired) electrons. The Balaban J connectivity index is 0.000000364. The second kappa shape index (κ2) is 25.8. The fourth-order valence-corrected chi connectivity index (χ4v) is 12.9. The zero-order chi connectivity index (χ0) is 61.5. The largest absolute Gasteiger partial charge is 0.478 e. The van der Waals surface area contributed by atoms with Crippen molar-refractivity contribution in [2.45, 2.75) is 110 Å². The first-order valence-electron chi connectivity index (χ1n) is 28.3. The number of esters is 2. The van der Waals surface area contributed by atoms with Gasteiger partial charge in [0.05, 0.1) is 65.9 Å². The fourth-order valence-electron chi connectivity index (χ4n) is 12.9. The summed E-state index contributed by atoms with van der Waals surface area (Å²) in [6, 6.07) is 7.99. The number of carbonyl (C=O) groups is 4. The summed E-state index contributed by atoms with van der Waals surface area (Å²) in [7, 11) is 2.57. The number of methoxy groups -OCH3 is 2. The van der Waals surface area contributed by atoms with E-state index in [9.17, 15) is 29.4 Å². The van der Waals surface area contributed by atoms with Gasteiger partial charge in [0, 0.05) is 98.1 Å². The number of carboxylic acids is 2. The number of allylic oxidation sites excluding steroid dienone is 8. The summed E-state index contributed by atoms with van der Waals surface area (Å²) in [5.74, 6) is -5.91. The molecule has 462 valence electrons. The van der Waals surface area contributed by atoms with Crippen molar-refractivity contribution in [3.05, 3.63) is 174 Å². The van der Waals surface area contributed by atoms with Crippen LogP contribution in [-0.4, -0.2) is 113 Å². The Bertz CT molecular complexity index is 4450. The number of aryl methyl sites for hydroxylation is 4. The predicted octanol–water partition coefficient (Wildman–Crippen LogP) is 12.6. The molecule has 0 saturated carbocycles. The topological polar surface area (TPSA) is 241 Å². The maximum absolute atomic E-state index is 13.3. The van der Waals surface area contributed by atoms with E-state index >= 15 is 0 Å². The zero-order valence-electron chi connectivity index (χ0n) is 51.9. The van der Waals surface area contributed by atoms with E-state index in [2.05, 4.69) is 91.8 Å². The summed E-state index contributed by atoms with van der Waals surface area (Å²) >= 11 is 0. The van der Waals surface area contributed by atoms with Crippen LogP contribution < -0.4 is 10.7 Å². The Hall–Kier alpha value is -9.31. The molecule has 0 spiro atoms. The highest BCUT2D eigenvalue weighted by Crippen LogP contribution is 2.57. The maximum Gasteiger partial charge on any atom is 0.332 e. The fraction of sp³-hybridized carbons (Fsp3) is 0.324. The SMILES string of the molecule is C.C.C=Cc1c(C)/c(=C/C2=NC(=C\c3[nH]cc(C)c3C)/C3(C)C2CC=C(C(=O)O)C3C(=O)OC)[nH]/c1=C\C1=NCC(C)=C1C.C=Cc1c(C)c2cc3nc(cc4[nH]c(cc5nc(cc1[nH]2)C1(C)C5=CC=C(C(=O)O)C1C(=O)OC)c(C)c4C)C(C)=C3C.[2HH].[2HH].[B].[B]. The predicted molar refractivity (Wildman–Crippen MR) is 367 cm³/mol. The Morgan fingerprint density at radius 1 is 0.652 bits per heavy atom. The van der Waals surface area contributed by atoms with Crippen LogP contribution in [0.3, 0.4) is 0 Å². The molecule has 6 aliphatic rings. The highest BCUT2D eigenvalue weighted by molar-refractivity contribution is 6.22. The van der Waals surface area contributed by atoms with E-state index in [1.54, 1.807) is 18.2 Å². The summed E-state index contributed by atoms with van der Waals surface area (Å²) in [5, 5.41) is 22.0. The monoisotopic (exact) mass is 1200 g/mol. The van der Waals surface area contributed by atoms with E-state index in [-0.39, 0.29) is 51.6 Å². The third-order valence-corrected chi connectivity index (χ3v) is 18.9. The molecule has 18 heteroatoms. The Labute approximate surface area is 527 Å². The lowest BCUT2D eigenvalue weighted by molar-refractivity contribution is -0.151. The van der Waals surface area contributed by atoms with Gasteiger partial charge in [-0.1, -0.05) is 65.3 Å². The van der Waals surface area contributed by atoms with Crippen molar-refractivity contribution in [2.24, 2.45) is 33.2 Å². The number of hydrogen-bond donors (Lipinski definition) is 6. The number of fused-ring (bicyclic) bond motifs is 12. The molecule has 9 heterocycles. The third kappa shape index (κ3) is 11.3. The number of aliphatic carboxylic acids is 2. The van der Waals surface area contributed by atoms with E-state index in [1.807, 2.05) is 84.2 Å². The minimum atomic E-state index is -1.18. The number of carbonyl (C=O) groups excluding carboxylic acids is 2. The van der Waals surface area contributed by atoms with Gasteiger partial charge in [-0.15, -0.1) is 0 Å². The second-order valence-corrected chi connectivity index (χ2v) is 23.3. The zero-order valence-corrected chi connectivity index (χ0v) is 51.9. The average Bonchev–Trinajstić information content (AvgIpc) is 1.63. The van der Waals surface area contributed by atoms with Gasteiger partial charge in [-0.3, -0.25) is 24.6 Å². The number of nitrogens with zero attached hydrogens (tertiary/aromatic N) is 4. The first-order chi connectivity index (χ1) is 40.3. The van der Waals surface area contributed by atoms with Crippen molar-refractivity contribution in [3.63, 3.8) is 0 Å². The van der Waals surface area contributed by atoms with Gasteiger partial charge in [0.15, 0.2) is 0 Å². The van der Waals surface area contributed by atoms with Crippen molar-refractivity contribution < 1.29 is 41.7 Å². The summed E-state index contributed by atoms with van der Waals surface area (Å²) < 4.78 is 10.4. The van der Waals surface area contributed by atoms with Gasteiger partial charge >= 0.3 is 23.9 Å². The van der Waals surface area contributed by atoms with Crippen molar-refractivity contribution in [1.82, 2.24) is 29.9 Å². The van der Waals surface area contributed by atoms with Crippen molar-refractivity contribution in [1.29, 1.82) is 0 Å². The number of aromatic amines is 4. The molecule has 5 atom stereocenters. The van der Waals surface area contributed by atoms with Gasteiger partial charge in [-0.2, -0.15) is 0 Å². The van der Waals surface area contributed by atoms with Gasteiger partial charge in [-0.25, -0.2) is 14.6 Å². The van der Waals surface area contributed by atoms with Crippen LogP contribution in [0.2, 0.25) is 0 Å². The molecule has 8 bridgehead atoms. The molecule has 16 nitrogen and oxygen atoms in total. The molecule has 0 amide bonds. The first kappa shape index (κ1) is 68.8. The molecule has 89 heavy (non-hydrogen) atoms. The van der Waals surface area contributed by atoms with Crippen LogP contribution >= 0.6 is 0 Å². The molecular weight excluding hydrogens is 1110 g/mol. The standard InChI is InChI=1S/C35H34N4O4.C34H38N4O4.2CH4.2B.2H2/c1-9-21-20(6)28-13-26-17(3)16(2)24(36-26)12-25-18(4)19(5)27(37-25)14-30-23-11-10-22(33(40)41)32(34(42)43-8)35(23,7)31(39-30)15-29(21)38-28;1-9-22-21(6)27(37-28(22)12-25-19(4)17(2)15-35-25)13-29-24-11-10-23(32(39)40)31(33(41)42-8)34(24,7)30(38-29)14-26-20(5)18(3)16-36-26;;;;;;/h9-15,32,37-38H,1H2,2-8H3,(H,40,41);9-10,12-14,16,24,31,36-37H,1,11,15H2,2-8H3,(H,39,40);2*1H4;;;2*1H/b;27-13-,28-12-,30-14-;;;;;;/i;;;;;;2*1+1. The van der Waals surface area contributed by atoms with Crippen LogP contribution in [0, 0.1) is 64.7 Å². The second-order valence-electron chi connectivity index (χ2n) is 23.3. The van der Waals surface area contributed by atoms with Gasteiger partial charge < -0.3 is 39.6 Å². The van der Waals surface area contributed by atoms with E-state index in [0.29, 0.717) is 30.1 Å². The number of rotatable bonds is 9. The van der Waals surface area contributed by atoms with Gasteiger partial charge in [-0.05, 0) is 186 Å². The maximum atomic E-state index is 13.3. The molecule has 11 rings (SSSR count). The average molecular weight is 1200 g/mol. The summed E-state index contributed by atoms with van der Waals surface area (Å²) in [6.07, 6.45) is 16.9. The molecular formula is C71H84B2N8O8. The molecule has 2 aliphatic carbocycles. The Morgan fingerprint density at radius 2 is 1.22 bits per heavy atom. The number of ether oxygens (including phenoxy) is 2. The van der Waals surface area contributed by atoms with Gasteiger partial charge in [0.1, 0.15) is 11.8 Å². The lowest BCUT2D eigenvalue weighted by Gasteiger charge is -2.41. The highest BCUT2D eigenvalue weighted by atomic mass is 16.5.